The molecule has 4 nitrogen and oxygen atoms in total. The molecule has 6 heteroatoms. The summed E-state index contributed by atoms with van der Waals surface area (Å²) in [4.78, 5) is 0. The maximum Gasteiger partial charge on any atom is 0.569 e. The van der Waals surface area contributed by atoms with Crippen LogP contribution in [0.3, 0.4) is 0 Å². The van der Waals surface area contributed by atoms with Gasteiger partial charge in [0.05, 0.1) is 19.5 Å². The molecule has 0 saturated heterocycles. The second kappa shape index (κ2) is 5.29. The quantitative estimate of drug-likeness (QED) is 0.359. The third-order valence-corrected chi connectivity index (χ3v) is 1.63. The molecule has 1 unspecified atom stereocenters. The molecule has 66 valence electrons. The molecule has 0 aliphatic carbocycles. The maximum absolute atomic E-state index is 12.4. The Hall–Kier alpha value is -0.380. The SMILES string of the molecule is C=COP(=O)(F)OCCOC. The van der Waals surface area contributed by atoms with Crippen molar-refractivity contribution in [3.8, 4) is 0 Å². The van der Waals surface area contributed by atoms with Gasteiger partial charge in [-0.1, -0.05) is 6.58 Å². The van der Waals surface area contributed by atoms with Gasteiger partial charge < -0.3 is 9.26 Å². The zero-order valence-corrected chi connectivity index (χ0v) is 7.05. The van der Waals surface area contributed by atoms with Crippen molar-refractivity contribution >= 4 is 7.91 Å². The summed E-state index contributed by atoms with van der Waals surface area (Å²) >= 11 is 0. The highest BCUT2D eigenvalue weighted by Crippen LogP contribution is 2.49. The van der Waals surface area contributed by atoms with Crippen molar-refractivity contribution in [1.29, 1.82) is 0 Å². The molecule has 0 aliphatic heterocycles. The molecule has 0 aromatic carbocycles. The smallest absolute Gasteiger partial charge is 0.410 e. The molecule has 1 atom stereocenters. The largest absolute Gasteiger partial charge is 0.569 e. The monoisotopic (exact) mass is 184 g/mol. The topological polar surface area (TPSA) is 44.8 Å². The van der Waals surface area contributed by atoms with E-state index in [0.29, 0.717) is 0 Å². The minimum Gasteiger partial charge on any atom is -0.410 e. The molecule has 0 aromatic rings. The van der Waals surface area contributed by atoms with Crippen LogP contribution in [0.4, 0.5) is 4.20 Å². The lowest BCUT2D eigenvalue weighted by Crippen LogP contribution is -1.98. The maximum atomic E-state index is 12.4. The van der Waals surface area contributed by atoms with E-state index >= 15 is 0 Å². The Morgan fingerprint density at radius 1 is 1.64 bits per heavy atom. The summed E-state index contributed by atoms with van der Waals surface area (Å²) in [5.74, 6) is 0. The van der Waals surface area contributed by atoms with Gasteiger partial charge in [-0.2, -0.15) is 0 Å². The summed E-state index contributed by atoms with van der Waals surface area (Å²) in [6, 6.07) is 0. The Balaban J connectivity index is 3.55. The lowest BCUT2D eigenvalue weighted by atomic mass is 10.8. The molecular formula is C5H10FO4P. The minimum absolute atomic E-state index is 0.113. The van der Waals surface area contributed by atoms with Gasteiger partial charge in [-0.25, -0.2) is 4.57 Å². The second-order valence-corrected chi connectivity index (χ2v) is 2.86. The fourth-order valence-corrected chi connectivity index (χ4v) is 0.881. The van der Waals surface area contributed by atoms with E-state index in [0.717, 1.165) is 6.26 Å². The summed E-state index contributed by atoms with van der Waals surface area (Å²) in [6.07, 6.45) is 0.730. The number of ether oxygens (including phenoxy) is 1. The Morgan fingerprint density at radius 3 is 2.73 bits per heavy atom. The van der Waals surface area contributed by atoms with E-state index in [1.165, 1.54) is 7.11 Å². The highest BCUT2D eigenvalue weighted by Gasteiger charge is 2.22. The van der Waals surface area contributed by atoms with Gasteiger partial charge in [-0.05, 0) is 0 Å². The summed E-state index contributed by atoms with van der Waals surface area (Å²) in [7, 11) is -3.00. The standard InChI is InChI=1S/C5H10FO4P/c1-3-9-11(6,7)10-5-4-8-2/h3H,1,4-5H2,2H3. The number of halogens is 1. The molecule has 0 rings (SSSR count). The predicted molar refractivity (Wildman–Crippen MR) is 37.8 cm³/mol. The van der Waals surface area contributed by atoms with Crippen molar-refractivity contribution in [2.45, 2.75) is 0 Å². The predicted octanol–water partition coefficient (Wildman–Crippen LogP) is 1.89. The molecule has 0 fully saturated rings. The van der Waals surface area contributed by atoms with Crippen LogP contribution in [0.25, 0.3) is 0 Å². The van der Waals surface area contributed by atoms with Crippen LogP contribution in [0.2, 0.25) is 0 Å². The lowest BCUT2D eigenvalue weighted by molar-refractivity contribution is 0.127. The van der Waals surface area contributed by atoms with E-state index < -0.39 is 7.91 Å². The van der Waals surface area contributed by atoms with Crippen LogP contribution in [0.15, 0.2) is 12.8 Å². The first-order valence-corrected chi connectivity index (χ1v) is 4.28. The molecule has 0 radical (unpaired) electrons. The average Bonchev–Trinajstić information content (AvgIpc) is 1.87. The summed E-state index contributed by atoms with van der Waals surface area (Å²) < 4.78 is 35.5. The van der Waals surface area contributed by atoms with E-state index in [1.54, 1.807) is 0 Å². The Bertz CT molecular complexity index is 161. The Morgan fingerprint density at radius 2 is 2.27 bits per heavy atom. The van der Waals surface area contributed by atoms with Crippen molar-refractivity contribution < 1.29 is 22.5 Å². The molecule has 0 aromatic heterocycles. The third-order valence-electron chi connectivity index (χ3n) is 0.733. The van der Waals surface area contributed by atoms with Crippen LogP contribution in [-0.2, 0) is 18.3 Å². The summed E-state index contributed by atoms with van der Waals surface area (Å²) in [5.41, 5.74) is 0. The van der Waals surface area contributed by atoms with Gasteiger partial charge in [0.2, 0.25) is 0 Å². The Kier molecular flexibility index (Phi) is 5.11. The van der Waals surface area contributed by atoms with Crippen LogP contribution >= 0.6 is 7.91 Å². The van der Waals surface area contributed by atoms with Crippen LogP contribution in [0, 0.1) is 0 Å². The number of hydrogen-bond donors (Lipinski definition) is 0. The highest BCUT2D eigenvalue weighted by molar-refractivity contribution is 7.48. The first-order chi connectivity index (χ1) is 5.12. The van der Waals surface area contributed by atoms with Crippen molar-refractivity contribution in [2.75, 3.05) is 20.3 Å². The molecule has 0 amide bonds. The van der Waals surface area contributed by atoms with Gasteiger partial charge in [-0.15, -0.1) is 4.20 Å². The van der Waals surface area contributed by atoms with E-state index in [-0.39, 0.29) is 13.2 Å². The molecule has 0 N–H and O–H groups in total. The van der Waals surface area contributed by atoms with E-state index in [2.05, 4.69) is 20.4 Å². The first kappa shape index (κ1) is 10.6. The van der Waals surface area contributed by atoms with Crippen LogP contribution in [0.1, 0.15) is 0 Å². The van der Waals surface area contributed by atoms with Crippen molar-refractivity contribution in [3.05, 3.63) is 12.8 Å². The number of rotatable bonds is 6. The molecular weight excluding hydrogens is 174 g/mol. The molecule has 0 aliphatic rings. The Labute approximate surface area is 64.6 Å². The van der Waals surface area contributed by atoms with Gasteiger partial charge in [0.1, 0.15) is 0 Å². The molecule has 11 heavy (non-hydrogen) atoms. The van der Waals surface area contributed by atoms with Gasteiger partial charge in [-0.3, -0.25) is 4.52 Å². The lowest BCUT2D eigenvalue weighted by Gasteiger charge is -2.06. The fraction of sp³-hybridized carbons (Fsp3) is 0.600. The van der Waals surface area contributed by atoms with E-state index in [9.17, 15) is 8.76 Å². The van der Waals surface area contributed by atoms with Gasteiger partial charge >= 0.3 is 7.91 Å². The zero-order valence-electron chi connectivity index (χ0n) is 6.16. The van der Waals surface area contributed by atoms with Crippen LogP contribution < -0.4 is 0 Å². The van der Waals surface area contributed by atoms with Crippen molar-refractivity contribution in [1.82, 2.24) is 0 Å². The van der Waals surface area contributed by atoms with Gasteiger partial charge in [0.15, 0.2) is 0 Å². The second-order valence-electron chi connectivity index (χ2n) is 1.53. The first-order valence-electron chi connectivity index (χ1n) is 2.85. The zero-order chi connectivity index (χ0) is 8.74. The average molecular weight is 184 g/mol. The van der Waals surface area contributed by atoms with Crippen LogP contribution in [0.5, 0.6) is 0 Å². The molecule has 0 spiro atoms. The van der Waals surface area contributed by atoms with Crippen LogP contribution in [-0.4, -0.2) is 20.3 Å². The normalized spacial score (nSPS) is 15.5. The van der Waals surface area contributed by atoms with Crippen molar-refractivity contribution in [3.63, 3.8) is 0 Å². The molecule has 0 heterocycles. The molecule has 0 bridgehead atoms. The van der Waals surface area contributed by atoms with E-state index in [4.69, 9.17) is 0 Å². The fourth-order valence-electron chi connectivity index (χ4n) is 0.349. The van der Waals surface area contributed by atoms with E-state index in [1.807, 2.05) is 0 Å². The third kappa shape index (κ3) is 6.04. The number of methoxy groups -OCH3 is 1. The van der Waals surface area contributed by atoms with Gasteiger partial charge in [0.25, 0.3) is 0 Å². The summed E-state index contributed by atoms with van der Waals surface area (Å²) in [6.45, 7) is 3.08. The molecule has 0 saturated carbocycles. The van der Waals surface area contributed by atoms with Gasteiger partial charge in [0, 0.05) is 7.11 Å². The summed E-state index contributed by atoms with van der Waals surface area (Å²) in [5, 5.41) is 0. The highest BCUT2D eigenvalue weighted by atomic mass is 31.2. The minimum atomic E-state index is -4.42. The number of hydrogen-bond acceptors (Lipinski definition) is 4. The van der Waals surface area contributed by atoms with Crippen molar-refractivity contribution in [2.24, 2.45) is 0 Å².